The van der Waals surface area contributed by atoms with Crippen molar-refractivity contribution in [3.05, 3.63) is 17.5 Å². The summed E-state index contributed by atoms with van der Waals surface area (Å²) in [4.78, 5) is 13.3. The van der Waals surface area contributed by atoms with E-state index in [9.17, 15) is 18.0 Å². The monoisotopic (exact) mass is 319 g/mol. The SMILES string of the molecule is Cc1cc(C(=O)NCC(N2CCNCC2)C(F)(F)F)nn1C. The zero-order valence-corrected chi connectivity index (χ0v) is 12.6. The van der Waals surface area contributed by atoms with Crippen molar-refractivity contribution < 1.29 is 18.0 Å². The number of rotatable bonds is 4. The van der Waals surface area contributed by atoms with Crippen LogP contribution in [0.5, 0.6) is 0 Å². The molecule has 0 bridgehead atoms. The number of nitrogens with zero attached hydrogens (tertiary/aromatic N) is 3. The lowest BCUT2D eigenvalue weighted by molar-refractivity contribution is -0.183. The van der Waals surface area contributed by atoms with Crippen molar-refractivity contribution in [3.8, 4) is 0 Å². The summed E-state index contributed by atoms with van der Waals surface area (Å²) < 4.78 is 41.1. The number of amides is 1. The van der Waals surface area contributed by atoms with E-state index in [1.165, 1.54) is 9.58 Å². The van der Waals surface area contributed by atoms with E-state index in [1.54, 1.807) is 20.0 Å². The van der Waals surface area contributed by atoms with Gasteiger partial charge in [0.25, 0.3) is 5.91 Å². The van der Waals surface area contributed by atoms with Crippen LogP contribution in [0.1, 0.15) is 16.2 Å². The second kappa shape index (κ2) is 6.66. The molecule has 1 aromatic heterocycles. The maximum absolute atomic E-state index is 13.2. The highest BCUT2D eigenvalue weighted by molar-refractivity contribution is 5.92. The molecule has 0 spiro atoms. The number of carbonyl (C=O) groups excluding carboxylic acids is 1. The van der Waals surface area contributed by atoms with E-state index in [0.717, 1.165) is 5.69 Å². The lowest BCUT2D eigenvalue weighted by atomic mass is 10.2. The number of carbonyl (C=O) groups is 1. The molecule has 1 saturated heterocycles. The number of halogens is 3. The maximum Gasteiger partial charge on any atom is 0.405 e. The molecule has 1 fully saturated rings. The van der Waals surface area contributed by atoms with Crippen LogP contribution in [0.25, 0.3) is 0 Å². The Hall–Kier alpha value is -1.61. The van der Waals surface area contributed by atoms with Gasteiger partial charge in [0.05, 0.1) is 0 Å². The minimum absolute atomic E-state index is 0.126. The summed E-state index contributed by atoms with van der Waals surface area (Å²) in [6.07, 6.45) is -4.38. The van der Waals surface area contributed by atoms with Gasteiger partial charge in [0.15, 0.2) is 0 Å². The van der Waals surface area contributed by atoms with Crippen LogP contribution in [0.4, 0.5) is 13.2 Å². The largest absolute Gasteiger partial charge is 0.405 e. The summed E-state index contributed by atoms with van der Waals surface area (Å²) >= 11 is 0. The molecule has 1 unspecified atom stereocenters. The van der Waals surface area contributed by atoms with E-state index in [2.05, 4.69) is 15.7 Å². The van der Waals surface area contributed by atoms with Crippen molar-refractivity contribution in [2.75, 3.05) is 32.7 Å². The Balaban J connectivity index is 2.00. The standard InChI is InChI=1S/C13H20F3N5O/c1-9-7-10(19-20(9)2)12(22)18-8-11(13(14,15)16)21-5-3-17-4-6-21/h7,11,17H,3-6,8H2,1-2H3,(H,18,22). The average molecular weight is 319 g/mol. The fourth-order valence-electron chi connectivity index (χ4n) is 2.40. The smallest absolute Gasteiger partial charge is 0.349 e. The van der Waals surface area contributed by atoms with Crippen LogP contribution >= 0.6 is 0 Å². The third-order valence-corrected chi connectivity index (χ3v) is 3.77. The number of piperazine rings is 1. The first-order valence-electron chi connectivity index (χ1n) is 7.09. The van der Waals surface area contributed by atoms with Gasteiger partial charge in [0.1, 0.15) is 11.7 Å². The third-order valence-electron chi connectivity index (χ3n) is 3.77. The zero-order chi connectivity index (χ0) is 16.3. The van der Waals surface area contributed by atoms with Gasteiger partial charge in [-0.2, -0.15) is 18.3 Å². The summed E-state index contributed by atoms with van der Waals surface area (Å²) in [5.41, 5.74) is 0.890. The van der Waals surface area contributed by atoms with Crippen molar-refractivity contribution in [1.29, 1.82) is 0 Å². The summed E-state index contributed by atoms with van der Waals surface area (Å²) in [5.74, 6) is -0.590. The second-order valence-corrected chi connectivity index (χ2v) is 5.35. The normalized spacial score (nSPS) is 18.2. The molecule has 1 aromatic rings. The first-order valence-corrected chi connectivity index (χ1v) is 7.09. The molecule has 1 amide bonds. The van der Waals surface area contributed by atoms with Crippen LogP contribution in [-0.2, 0) is 7.05 Å². The van der Waals surface area contributed by atoms with Gasteiger partial charge in [-0.1, -0.05) is 0 Å². The van der Waals surface area contributed by atoms with Crippen LogP contribution in [0.15, 0.2) is 6.07 Å². The molecule has 22 heavy (non-hydrogen) atoms. The van der Waals surface area contributed by atoms with E-state index in [1.807, 2.05) is 0 Å². The molecule has 1 aliphatic heterocycles. The Morgan fingerprint density at radius 1 is 1.45 bits per heavy atom. The van der Waals surface area contributed by atoms with Crippen LogP contribution in [-0.4, -0.2) is 65.5 Å². The highest BCUT2D eigenvalue weighted by atomic mass is 19.4. The van der Waals surface area contributed by atoms with Gasteiger partial charge in [0, 0.05) is 45.5 Å². The van der Waals surface area contributed by atoms with Crippen LogP contribution < -0.4 is 10.6 Å². The molecule has 6 nitrogen and oxygen atoms in total. The van der Waals surface area contributed by atoms with Crippen molar-refractivity contribution in [2.45, 2.75) is 19.1 Å². The molecule has 0 radical (unpaired) electrons. The molecule has 124 valence electrons. The Bertz CT molecular complexity index is 503. The highest BCUT2D eigenvalue weighted by Gasteiger charge is 2.43. The van der Waals surface area contributed by atoms with Crippen molar-refractivity contribution in [2.24, 2.45) is 7.05 Å². The number of hydrogen-bond donors (Lipinski definition) is 2. The van der Waals surface area contributed by atoms with E-state index in [4.69, 9.17) is 0 Å². The van der Waals surface area contributed by atoms with Crippen molar-refractivity contribution >= 4 is 5.91 Å². The van der Waals surface area contributed by atoms with Gasteiger partial charge in [-0.3, -0.25) is 14.4 Å². The molecule has 1 atom stereocenters. The van der Waals surface area contributed by atoms with E-state index in [0.29, 0.717) is 26.2 Å². The molecule has 0 aromatic carbocycles. The minimum atomic E-state index is -4.38. The Morgan fingerprint density at radius 2 is 2.09 bits per heavy atom. The lowest BCUT2D eigenvalue weighted by Gasteiger charge is -2.35. The first kappa shape index (κ1) is 16.8. The van der Waals surface area contributed by atoms with Crippen molar-refractivity contribution in [3.63, 3.8) is 0 Å². The lowest BCUT2D eigenvalue weighted by Crippen LogP contribution is -2.57. The number of hydrogen-bond acceptors (Lipinski definition) is 4. The molecule has 0 saturated carbocycles. The summed E-state index contributed by atoms with van der Waals surface area (Å²) in [7, 11) is 1.67. The number of nitrogens with one attached hydrogen (secondary N) is 2. The summed E-state index contributed by atoms with van der Waals surface area (Å²) in [6.45, 7) is 2.94. The van der Waals surface area contributed by atoms with Gasteiger partial charge in [-0.25, -0.2) is 0 Å². The van der Waals surface area contributed by atoms with Crippen LogP contribution in [0, 0.1) is 6.92 Å². The predicted molar refractivity (Wildman–Crippen MR) is 74.6 cm³/mol. The topological polar surface area (TPSA) is 62.2 Å². The fourth-order valence-corrected chi connectivity index (χ4v) is 2.40. The Labute approximate surface area is 126 Å². The molecular formula is C13H20F3N5O. The molecular weight excluding hydrogens is 299 g/mol. The minimum Gasteiger partial charge on any atom is -0.349 e. The van der Waals surface area contributed by atoms with Gasteiger partial charge in [-0.15, -0.1) is 0 Å². The second-order valence-electron chi connectivity index (χ2n) is 5.35. The molecule has 2 heterocycles. The zero-order valence-electron chi connectivity index (χ0n) is 12.6. The van der Waals surface area contributed by atoms with Gasteiger partial charge in [-0.05, 0) is 13.0 Å². The Kier molecular flexibility index (Phi) is 5.07. The molecule has 2 N–H and O–H groups in total. The molecule has 9 heteroatoms. The van der Waals surface area contributed by atoms with Crippen LogP contribution in [0.2, 0.25) is 0 Å². The quantitative estimate of drug-likeness (QED) is 0.838. The van der Waals surface area contributed by atoms with E-state index in [-0.39, 0.29) is 5.69 Å². The van der Waals surface area contributed by atoms with Gasteiger partial charge >= 0.3 is 6.18 Å². The average Bonchev–Trinajstić information content (AvgIpc) is 2.78. The van der Waals surface area contributed by atoms with Crippen molar-refractivity contribution in [1.82, 2.24) is 25.3 Å². The molecule has 0 aliphatic carbocycles. The molecule has 1 aliphatic rings. The summed E-state index contributed by atoms with van der Waals surface area (Å²) in [6, 6.07) is -0.133. The maximum atomic E-state index is 13.2. The van der Waals surface area contributed by atoms with E-state index >= 15 is 0 Å². The number of alkyl halides is 3. The van der Waals surface area contributed by atoms with Gasteiger partial charge in [0.2, 0.25) is 0 Å². The highest BCUT2D eigenvalue weighted by Crippen LogP contribution is 2.24. The third kappa shape index (κ3) is 3.98. The van der Waals surface area contributed by atoms with Crippen LogP contribution in [0.3, 0.4) is 0 Å². The molecule has 2 rings (SSSR count). The number of aryl methyl sites for hydroxylation is 2. The first-order chi connectivity index (χ1) is 10.3. The fraction of sp³-hybridized carbons (Fsp3) is 0.692. The summed E-state index contributed by atoms with van der Waals surface area (Å²) in [5, 5.41) is 9.32. The Morgan fingerprint density at radius 3 is 2.59 bits per heavy atom. The van der Waals surface area contributed by atoms with E-state index < -0.39 is 24.7 Å². The number of aromatic nitrogens is 2. The van der Waals surface area contributed by atoms with Gasteiger partial charge < -0.3 is 10.6 Å². The predicted octanol–water partition coefficient (Wildman–Crippen LogP) is 0.294.